The van der Waals surface area contributed by atoms with Crippen molar-refractivity contribution < 1.29 is 19.3 Å². The second-order valence-corrected chi connectivity index (χ2v) is 8.95. The molecule has 0 aliphatic carbocycles. The number of nitrogens with two attached hydrogens (primary N) is 2. The zero-order valence-electron chi connectivity index (χ0n) is 20.2. The third-order valence-corrected chi connectivity index (χ3v) is 5.67. The Labute approximate surface area is 204 Å². The number of carbonyl (C=O) groups is 3. The smallest absolute Gasteiger partial charge is 0.269 e. The molecule has 1 aromatic carbocycles. The Bertz CT molecular complexity index is 929. The molecule has 0 radical (unpaired) electrons. The normalized spacial score (nSPS) is 16.0. The molecule has 2 unspecified atom stereocenters. The van der Waals surface area contributed by atoms with E-state index in [2.05, 4.69) is 15.6 Å². The summed E-state index contributed by atoms with van der Waals surface area (Å²) in [6, 6.07) is 3.78. The second-order valence-electron chi connectivity index (χ2n) is 8.95. The van der Waals surface area contributed by atoms with E-state index < -0.39 is 22.9 Å². The third kappa shape index (κ3) is 8.54. The first-order chi connectivity index (χ1) is 16.6. The molecule has 0 saturated carbocycles. The molecule has 2 atom stereocenters. The van der Waals surface area contributed by atoms with Gasteiger partial charge in [0.2, 0.25) is 11.8 Å². The lowest BCUT2D eigenvalue weighted by Crippen LogP contribution is -2.54. The van der Waals surface area contributed by atoms with Crippen LogP contribution in [-0.2, 0) is 9.59 Å². The zero-order chi connectivity index (χ0) is 26.0. The Balaban J connectivity index is 2.00. The summed E-state index contributed by atoms with van der Waals surface area (Å²) in [5, 5.41) is 16.5. The van der Waals surface area contributed by atoms with E-state index in [1.807, 2.05) is 13.8 Å². The number of nitro benzene ring substituents is 1. The first-order valence-corrected chi connectivity index (χ1v) is 11.8. The van der Waals surface area contributed by atoms with Gasteiger partial charge in [0.05, 0.1) is 4.92 Å². The molecule has 0 spiro atoms. The van der Waals surface area contributed by atoms with E-state index in [0.29, 0.717) is 45.3 Å². The van der Waals surface area contributed by atoms with Gasteiger partial charge in [0.25, 0.3) is 11.6 Å². The van der Waals surface area contributed by atoms with Crippen LogP contribution in [-0.4, -0.2) is 65.2 Å². The summed E-state index contributed by atoms with van der Waals surface area (Å²) in [6.07, 6.45) is 3.06. The number of benzene rings is 1. The Morgan fingerprint density at radius 3 is 2.49 bits per heavy atom. The summed E-state index contributed by atoms with van der Waals surface area (Å²) >= 11 is 0. The molecule has 1 saturated heterocycles. The molecular formula is C23H35N7O5. The van der Waals surface area contributed by atoms with Crippen molar-refractivity contribution in [2.24, 2.45) is 22.4 Å². The van der Waals surface area contributed by atoms with Crippen LogP contribution in [0.2, 0.25) is 0 Å². The van der Waals surface area contributed by atoms with Crippen molar-refractivity contribution in [1.82, 2.24) is 15.5 Å². The number of rotatable bonds is 12. The Morgan fingerprint density at radius 2 is 1.89 bits per heavy atom. The minimum absolute atomic E-state index is 0.0331. The molecule has 12 nitrogen and oxygen atoms in total. The Morgan fingerprint density at radius 1 is 1.20 bits per heavy atom. The van der Waals surface area contributed by atoms with Gasteiger partial charge in [0.1, 0.15) is 12.1 Å². The van der Waals surface area contributed by atoms with Crippen molar-refractivity contribution in [1.29, 1.82) is 0 Å². The van der Waals surface area contributed by atoms with Gasteiger partial charge in [-0.2, -0.15) is 0 Å². The molecule has 1 heterocycles. The van der Waals surface area contributed by atoms with Crippen molar-refractivity contribution in [3.8, 4) is 0 Å². The number of nitrogens with zero attached hydrogens (tertiary/aromatic N) is 3. The molecule has 192 valence electrons. The number of aliphatic imine (C=N–C) groups is 1. The molecule has 12 heteroatoms. The van der Waals surface area contributed by atoms with E-state index in [1.165, 1.54) is 29.2 Å². The van der Waals surface area contributed by atoms with E-state index in [4.69, 9.17) is 11.5 Å². The van der Waals surface area contributed by atoms with E-state index in [0.717, 1.165) is 6.42 Å². The number of hydrogen-bond acceptors (Lipinski definition) is 6. The average molecular weight is 490 g/mol. The summed E-state index contributed by atoms with van der Waals surface area (Å²) in [5.74, 6) is -0.881. The maximum absolute atomic E-state index is 13.4. The predicted octanol–water partition coefficient (Wildman–Crippen LogP) is 0.900. The van der Waals surface area contributed by atoms with Crippen LogP contribution in [0.25, 0.3) is 0 Å². The molecule has 2 rings (SSSR count). The molecular weight excluding hydrogens is 454 g/mol. The standard InChI is InChI=1S/C23H35N7O5/c1-15(2)14-18(28-20(31)16-7-9-17(10-8-16)30(34)35)22(33)29-13-5-6-19(29)21(32)26-11-3-4-12-27-23(24)25/h7-10,15,18-19H,3-6,11-14H2,1-2H3,(H,26,32)(H,28,31)(H4,24,25,27). The molecule has 0 bridgehead atoms. The van der Waals surface area contributed by atoms with E-state index in [-0.39, 0.29) is 34.9 Å². The quantitative estimate of drug-likeness (QED) is 0.110. The average Bonchev–Trinajstić information content (AvgIpc) is 3.30. The maximum atomic E-state index is 13.4. The number of unbranched alkanes of at least 4 members (excludes halogenated alkanes) is 1. The van der Waals surface area contributed by atoms with Gasteiger partial charge in [0, 0.05) is 37.3 Å². The van der Waals surface area contributed by atoms with Crippen molar-refractivity contribution in [3.05, 3.63) is 39.9 Å². The summed E-state index contributed by atoms with van der Waals surface area (Å²) in [6.45, 7) is 5.24. The molecule has 1 aromatic rings. The summed E-state index contributed by atoms with van der Waals surface area (Å²) in [4.78, 5) is 54.7. The molecule has 35 heavy (non-hydrogen) atoms. The Hall–Kier alpha value is -3.70. The van der Waals surface area contributed by atoms with Gasteiger partial charge in [-0.3, -0.25) is 29.5 Å². The molecule has 1 fully saturated rings. The van der Waals surface area contributed by atoms with Crippen LogP contribution in [0.15, 0.2) is 29.3 Å². The van der Waals surface area contributed by atoms with Crippen LogP contribution in [0.3, 0.4) is 0 Å². The van der Waals surface area contributed by atoms with E-state index in [9.17, 15) is 24.5 Å². The second kappa shape index (κ2) is 13.3. The first kappa shape index (κ1) is 27.5. The number of guanidine groups is 1. The lowest BCUT2D eigenvalue weighted by molar-refractivity contribution is -0.384. The van der Waals surface area contributed by atoms with Gasteiger partial charge < -0.3 is 27.0 Å². The highest BCUT2D eigenvalue weighted by atomic mass is 16.6. The van der Waals surface area contributed by atoms with Crippen molar-refractivity contribution in [3.63, 3.8) is 0 Å². The highest BCUT2D eigenvalue weighted by Crippen LogP contribution is 2.21. The van der Waals surface area contributed by atoms with Gasteiger partial charge in [-0.05, 0) is 50.2 Å². The first-order valence-electron chi connectivity index (χ1n) is 11.8. The van der Waals surface area contributed by atoms with Crippen LogP contribution in [0.1, 0.15) is 56.3 Å². The highest BCUT2D eigenvalue weighted by Gasteiger charge is 2.37. The van der Waals surface area contributed by atoms with Gasteiger partial charge in [0.15, 0.2) is 5.96 Å². The zero-order valence-corrected chi connectivity index (χ0v) is 20.2. The van der Waals surface area contributed by atoms with Crippen LogP contribution < -0.4 is 22.1 Å². The fraction of sp³-hybridized carbons (Fsp3) is 0.565. The minimum atomic E-state index is -0.814. The summed E-state index contributed by atoms with van der Waals surface area (Å²) in [5.41, 5.74) is 10.7. The molecule has 0 aromatic heterocycles. The number of likely N-dealkylation sites (tertiary alicyclic amines) is 1. The number of carbonyl (C=O) groups excluding carboxylic acids is 3. The van der Waals surface area contributed by atoms with E-state index in [1.54, 1.807) is 0 Å². The summed E-state index contributed by atoms with van der Waals surface area (Å²) in [7, 11) is 0. The predicted molar refractivity (Wildman–Crippen MR) is 131 cm³/mol. The topological polar surface area (TPSA) is 186 Å². The van der Waals surface area contributed by atoms with Crippen molar-refractivity contribution in [2.45, 2.75) is 58.0 Å². The largest absolute Gasteiger partial charge is 0.370 e. The molecule has 3 amide bonds. The highest BCUT2D eigenvalue weighted by molar-refractivity contribution is 5.98. The number of hydrogen-bond donors (Lipinski definition) is 4. The number of non-ortho nitro benzene ring substituents is 1. The van der Waals surface area contributed by atoms with Crippen LogP contribution >= 0.6 is 0 Å². The van der Waals surface area contributed by atoms with Gasteiger partial charge >= 0.3 is 0 Å². The third-order valence-electron chi connectivity index (χ3n) is 5.67. The lowest BCUT2D eigenvalue weighted by Gasteiger charge is -2.29. The lowest BCUT2D eigenvalue weighted by atomic mass is 10.0. The SMILES string of the molecule is CC(C)CC(NC(=O)c1ccc([N+](=O)[O-])cc1)C(=O)N1CCCC1C(=O)NCCCCN=C(N)N. The summed E-state index contributed by atoms with van der Waals surface area (Å²) < 4.78 is 0. The van der Waals surface area contributed by atoms with Crippen LogP contribution in [0, 0.1) is 16.0 Å². The van der Waals surface area contributed by atoms with Crippen LogP contribution in [0.5, 0.6) is 0 Å². The number of nitro groups is 1. The van der Waals surface area contributed by atoms with Gasteiger partial charge in [-0.15, -0.1) is 0 Å². The van der Waals surface area contributed by atoms with Gasteiger partial charge in [-0.25, -0.2) is 0 Å². The van der Waals surface area contributed by atoms with E-state index >= 15 is 0 Å². The fourth-order valence-electron chi connectivity index (χ4n) is 3.95. The maximum Gasteiger partial charge on any atom is 0.269 e. The Kier molecular flexibility index (Phi) is 10.4. The monoisotopic (exact) mass is 489 g/mol. The minimum Gasteiger partial charge on any atom is -0.370 e. The molecule has 1 aliphatic rings. The van der Waals surface area contributed by atoms with Crippen molar-refractivity contribution >= 4 is 29.4 Å². The number of amides is 3. The molecule has 1 aliphatic heterocycles. The fourth-order valence-corrected chi connectivity index (χ4v) is 3.95. The van der Waals surface area contributed by atoms with Crippen molar-refractivity contribution in [2.75, 3.05) is 19.6 Å². The van der Waals surface area contributed by atoms with Crippen LogP contribution in [0.4, 0.5) is 5.69 Å². The molecule has 6 N–H and O–H groups in total. The number of nitrogens with one attached hydrogen (secondary N) is 2. The van der Waals surface area contributed by atoms with Gasteiger partial charge in [-0.1, -0.05) is 13.8 Å².